The summed E-state index contributed by atoms with van der Waals surface area (Å²) in [6.07, 6.45) is 2.39. The second kappa shape index (κ2) is 10.3. The molecule has 4 aromatic rings. The quantitative estimate of drug-likeness (QED) is 0.123. The number of hydrogen-bond donors (Lipinski definition) is 7. The van der Waals surface area contributed by atoms with Gasteiger partial charge in [-0.1, -0.05) is 0 Å². The van der Waals surface area contributed by atoms with Crippen molar-refractivity contribution in [2.75, 3.05) is 24.7 Å². The number of nitrogens with zero attached hydrogens (tertiary/aromatic N) is 6. The Kier molecular flexibility index (Phi) is 6.91. The molecule has 4 heterocycles. The molecule has 0 aliphatic heterocycles. The summed E-state index contributed by atoms with van der Waals surface area (Å²) in [5, 5.41) is 20.6. The standard InChI is InChI=1S/C22H29N10O8P/c23-21-27-17-15(19(35)29-21)25-7-31(17)11-2-10(13(34)3-11)6-39-41(37,38)40-14-4-12(1-9(14)5-33)32-8-26-16-18(32)28-22(24)30-20(16)36/h7-14,33-34H,1-6H2,(H,37,38)(H3,23,27,29,35)(H3,24,28,30,36)/t9-,10-,11-,12-,13+,14+/m1/s1. The maximum absolute atomic E-state index is 12.9. The molecule has 0 amide bonds. The minimum atomic E-state index is -4.60. The van der Waals surface area contributed by atoms with E-state index in [1.807, 2.05) is 0 Å². The van der Waals surface area contributed by atoms with Crippen LogP contribution in [-0.4, -0.2) is 79.6 Å². The van der Waals surface area contributed by atoms with Crippen LogP contribution in [0, 0.1) is 11.8 Å². The number of rotatable bonds is 8. The number of nitrogen functional groups attached to an aromatic ring is 2. The highest BCUT2D eigenvalue weighted by Crippen LogP contribution is 2.51. The third-order valence-electron chi connectivity index (χ3n) is 7.88. The molecule has 2 saturated carbocycles. The first-order chi connectivity index (χ1) is 19.5. The summed E-state index contributed by atoms with van der Waals surface area (Å²) in [5.74, 6) is -1.15. The number of nitrogens with two attached hydrogens (primary N) is 2. The van der Waals surface area contributed by atoms with E-state index in [1.165, 1.54) is 12.7 Å². The van der Waals surface area contributed by atoms with Crippen molar-refractivity contribution in [1.29, 1.82) is 0 Å². The highest BCUT2D eigenvalue weighted by Gasteiger charge is 2.42. The molecule has 9 N–H and O–H groups in total. The highest BCUT2D eigenvalue weighted by molar-refractivity contribution is 7.47. The van der Waals surface area contributed by atoms with E-state index in [1.54, 1.807) is 9.13 Å². The number of aromatic nitrogens is 8. The van der Waals surface area contributed by atoms with Crippen molar-refractivity contribution in [3.8, 4) is 0 Å². The topological polar surface area (TPSA) is 275 Å². The zero-order valence-electron chi connectivity index (χ0n) is 21.5. The normalized spacial score (nSPS) is 28.1. The summed E-state index contributed by atoms with van der Waals surface area (Å²) in [6.45, 7) is -0.584. The summed E-state index contributed by atoms with van der Waals surface area (Å²) >= 11 is 0. The van der Waals surface area contributed by atoms with Crippen LogP contribution in [-0.2, 0) is 13.6 Å². The summed E-state index contributed by atoms with van der Waals surface area (Å²) < 4.78 is 27.0. The molecule has 0 bridgehead atoms. The molecule has 220 valence electrons. The van der Waals surface area contributed by atoms with Gasteiger partial charge in [0, 0.05) is 30.5 Å². The van der Waals surface area contributed by atoms with Gasteiger partial charge in [0.05, 0.1) is 31.5 Å². The van der Waals surface area contributed by atoms with E-state index in [9.17, 15) is 29.3 Å². The van der Waals surface area contributed by atoms with Crippen LogP contribution in [0.4, 0.5) is 11.9 Å². The van der Waals surface area contributed by atoms with Crippen molar-refractivity contribution in [2.24, 2.45) is 11.8 Å². The Morgan fingerprint density at radius 2 is 1.46 bits per heavy atom. The minimum absolute atomic E-state index is 0.0633. The van der Waals surface area contributed by atoms with Crippen LogP contribution in [0.5, 0.6) is 0 Å². The lowest BCUT2D eigenvalue weighted by molar-refractivity contribution is 0.0428. The molecule has 1 unspecified atom stereocenters. The van der Waals surface area contributed by atoms with E-state index in [0.29, 0.717) is 12.8 Å². The Morgan fingerprint density at radius 3 is 2.02 bits per heavy atom. The van der Waals surface area contributed by atoms with E-state index in [0.717, 1.165) is 0 Å². The number of hydrogen-bond acceptors (Lipinski definition) is 13. The van der Waals surface area contributed by atoms with Gasteiger partial charge in [0.15, 0.2) is 22.3 Å². The maximum Gasteiger partial charge on any atom is 0.472 e. The van der Waals surface area contributed by atoms with Crippen LogP contribution in [0.3, 0.4) is 0 Å². The van der Waals surface area contributed by atoms with Gasteiger partial charge in [0.1, 0.15) is 0 Å². The van der Waals surface area contributed by atoms with Gasteiger partial charge in [0.25, 0.3) is 11.1 Å². The number of aliphatic hydroxyl groups excluding tert-OH is 2. The van der Waals surface area contributed by atoms with Crippen LogP contribution in [0.25, 0.3) is 22.3 Å². The van der Waals surface area contributed by atoms with Crippen LogP contribution in [0.2, 0.25) is 0 Å². The molecule has 4 aromatic heterocycles. The Balaban J connectivity index is 1.11. The first-order valence-electron chi connectivity index (χ1n) is 12.9. The van der Waals surface area contributed by atoms with Gasteiger partial charge in [-0.2, -0.15) is 9.97 Å². The highest BCUT2D eigenvalue weighted by atomic mass is 31.2. The molecule has 0 saturated heterocycles. The fourth-order valence-electron chi connectivity index (χ4n) is 5.90. The molecule has 0 aromatic carbocycles. The second-order valence-electron chi connectivity index (χ2n) is 10.5. The van der Waals surface area contributed by atoms with Crippen molar-refractivity contribution in [3.63, 3.8) is 0 Å². The lowest BCUT2D eigenvalue weighted by Crippen LogP contribution is -2.22. The van der Waals surface area contributed by atoms with E-state index in [2.05, 4.69) is 29.9 Å². The first-order valence-corrected chi connectivity index (χ1v) is 14.4. The SMILES string of the molecule is Nc1nc2c(ncn2[C@@H]2C[C@H](CO)[C@@H](OP(=O)(O)OC[C@H]3C[C@@H](n4cnc5c(=O)[nH]c(N)nc54)C[C@@H]3O)C2)c(=O)[nH]1. The van der Waals surface area contributed by atoms with E-state index >= 15 is 0 Å². The number of imidazole rings is 2. The van der Waals surface area contributed by atoms with Gasteiger partial charge in [-0.15, -0.1) is 0 Å². The van der Waals surface area contributed by atoms with E-state index in [4.69, 9.17) is 20.5 Å². The zero-order chi connectivity index (χ0) is 29.1. The van der Waals surface area contributed by atoms with Crippen molar-refractivity contribution < 1.29 is 28.7 Å². The third kappa shape index (κ3) is 5.13. The van der Waals surface area contributed by atoms with Crippen LogP contribution in [0.1, 0.15) is 37.8 Å². The molecule has 41 heavy (non-hydrogen) atoms. The molecule has 6 rings (SSSR count). The number of nitrogens with one attached hydrogen (secondary N) is 2. The predicted octanol–water partition coefficient (Wildman–Crippen LogP) is -0.825. The number of anilines is 2. The van der Waals surface area contributed by atoms with E-state index in [-0.39, 0.29) is 72.4 Å². The number of phosphoric ester groups is 1. The fourth-order valence-corrected chi connectivity index (χ4v) is 6.94. The van der Waals surface area contributed by atoms with Crippen molar-refractivity contribution in [1.82, 2.24) is 39.0 Å². The first kappa shape index (κ1) is 27.5. The van der Waals surface area contributed by atoms with Crippen LogP contribution < -0.4 is 22.6 Å². The zero-order valence-corrected chi connectivity index (χ0v) is 22.4. The number of phosphoric acid groups is 1. The second-order valence-corrected chi connectivity index (χ2v) is 11.9. The summed E-state index contributed by atoms with van der Waals surface area (Å²) in [7, 11) is -4.60. The van der Waals surface area contributed by atoms with Crippen molar-refractivity contribution in [3.05, 3.63) is 33.4 Å². The van der Waals surface area contributed by atoms with Gasteiger partial charge in [-0.05, 0) is 25.7 Å². The van der Waals surface area contributed by atoms with Gasteiger partial charge in [0.2, 0.25) is 11.9 Å². The largest absolute Gasteiger partial charge is 0.472 e. The Bertz CT molecular complexity index is 1770. The summed E-state index contributed by atoms with van der Waals surface area (Å²) in [5.41, 5.74) is 11.1. The van der Waals surface area contributed by atoms with Gasteiger partial charge in [-0.25, -0.2) is 14.5 Å². The lowest BCUT2D eigenvalue weighted by atomic mass is 10.1. The fraction of sp³-hybridized carbons (Fsp3) is 0.545. The summed E-state index contributed by atoms with van der Waals surface area (Å²) in [4.78, 5) is 56.0. The molecule has 19 heteroatoms. The predicted molar refractivity (Wildman–Crippen MR) is 142 cm³/mol. The minimum Gasteiger partial charge on any atom is -0.396 e. The average Bonchev–Trinajstić information content (AvgIpc) is 3.67. The lowest BCUT2D eigenvalue weighted by Gasteiger charge is -2.22. The van der Waals surface area contributed by atoms with Gasteiger partial charge < -0.3 is 35.7 Å². The summed E-state index contributed by atoms with van der Waals surface area (Å²) in [6, 6.07) is -0.640. The van der Waals surface area contributed by atoms with Crippen molar-refractivity contribution >= 4 is 42.0 Å². The average molecular weight is 593 g/mol. The third-order valence-corrected chi connectivity index (χ3v) is 8.89. The monoisotopic (exact) mass is 592 g/mol. The molecule has 0 radical (unpaired) electrons. The Morgan fingerprint density at radius 1 is 0.927 bits per heavy atom. The van der Waals surface area contributed by atoms with Gasteiger partial charge in [-0.3, -0.25) is 28.6 Å². The van der Waals surface area contributed by atoms with Crippen molar-refractivity contribution in [2.45, 2.75) is 50.0 Å². The Labute approximate surface area is 230 Å². The van der Waals surface area contributed by atoms with Gasteiger partial charge >= 0.3 is 7.82 Å². The number of fused-ring (bicyclic) bond motifs is 2. The van der Waals surface area contributed by atoms with Crippen LogP contribution in [0.15, 0.2) is 22.2 Å². The molecule has 2 aliphatic rings. The Hall–Kier alpha value is -3.67. The maximum atomic E-state index is 12.9. The number of aromatic amines is 2. The molecular formula is C22H29N10O8P. The number of H-pyrrole nitrogens is 2. The molecule has 7 atom stereocenters. The van der Waals surface area contributed by atoms with E-state index < -0.39 is 43.0 Å². The molecule has 0 spiro atoms. The molecule has 18 nitrogen and oxygen atoms in total. The number of aliphatic hydroxyl groups is 2. The molecule has 2 aliphatic carbocycles. The smallest absolute Gasteiger partial charge is 0.396 e. The molecular weight excluding hydrogens is 563 g/mol. The molecule has 2 fully saturated rings. The van der Waals surface area contributed by atoms with Crippen LogP contribution >= 0.6 is 7.82 Å².